The normalized spacial score (nSPS) is 33.4. The maximum absolute atomic E-state index is 12.0. The minimum atomic E-state index is -1.89. The van der Waals surface area contributed by atoms with Gasteiger partial charge < -0.3 is 14.1 Å². The molecule has 1 aliphatic carbocycles. The number of hydrogen-bond acceptors (Lipinski definition) is 3. The highest BCUT2D eigenvalue weighted by atomic mass is 28.4. The van der Waals surface area contributed by atoms with E-state index in [4.69, 9.17) is 4.43 Å². The van der Waals surface area contributed by atoms with Gasteiger partial charge in [0, 0.05) is 30.8 Å². The average molecular weight is 311 g/mol. The van der Waals surface area contributed by atoms with Gasteiger partial charge >= 0.3 is 0 Å². The molecule has 0 aromatic heterocycles. The molecule has 2 aliphatic rings. The van der Waals surface area contributed by atoms with E-state index in [9.17, 15) is 9.59 Å². The number of rotatable bonds is 4. The molecule has 0 aromatic carbocycles. The van der Waals surface area contributed by atoms with Crippen LogP contribution in [0.2, 0.25) is 18.1 Å². The maximum Gasteiger partial charge on any atom is 0.223 e. The Hall–Kier alpha value is -0.683. The lowest BCUT2D eigenvalue weighted by atomic mass is 9.93. The Balaban J connectivity index is 2.17. The van der Waals surface area contributed by atoms with Crippen LogP contribution in [0.25, 0.3) is 0 Å². The third-order valence-corrected chi connectivity index (χ3v) is 10.3. The lowest BCUT2D eigenvalue weighted by Crippen LogP contribution is -2.45. The summed E-state index contributed by atoms with van der Waals surface area (Å²) in [7, 11) is -1.89. The number of hydrogen-bond donors (Lipinski definition) is 0. The summed E-state index contributed by atoms with van der Waals surface area (Å²) < 4.78 is 6.50. The quantitative estimate of drug-likeness (QED) is 0.592. The van der Waals surface area contributed by atoms with Gasteiger partial charge in [-0.15, -0.1) is 0 Å². The van der Waals surface area contributed by atoms with Gasteiger partial charge in [0.1, 0.15) is 6.29 Å². The molecule has 1 saturated carbocycles. The fourth-order valence-corrected chi connectivity index (χ4v) is 4.88. The zero-order valence-electron chi connectivity index (χ0n) is 14.2. The van der Waals surface area contributed by atoms with Crippen LogP contribution in [0.3, 0.4) is 0 Å². The van der Waals surface area contributed by atoms with E-state index in [0.29, 0.717) is 6.42 Å². The van der Waals surface area contributed by atoms with Crippen molar-refractivity contribution < 1.29 is 14.0 Å². The second kappa shape index (κ2) is 5.50. The molecule has 0 aromatic rings. The predicted octanol–water partition coefficient (Wildman–Crippen LogP) is 2.83. The van der Waals surface area contributed by atoms with Crippen molar-refractivity contribution in [3.05, 3.63) is 0 Å². The molecule has 1 amide bonds. The lowest BCUT2D eigenvalue weighted by molar-refractivity contribution is -0.129. The van der Waals surface area contributed by atoms with Crippen LogP contribution in [-0.2, 0) is 14.0 Å². The second-order valence-electron chi connectivity index (χ2n) is 7.98. The van der Waals surface area contributed by atoms with Crippen molar-refractivity contribution in [2.75, 3.05) is 6.54 Å². The van der Waals surface area contributed by atoms with E-state index in [1.54, 1.807) is 0 Å². The van der Waals surface area contributed by atoms with Gasteiger partial charge in [-0.3, -0.25) is 4.79 Å². The lowest BCUT2D eigenvalue weighted by Gasteiger charge is -2.39. The van der Waals surface area contributed by atoms with Crippen LogP contribution in [0.4, 0.5) is 0 Å². The summed E-state index contributed by atoms with van der Waals surface area (Å²) in [6.07, 6.45) is 2.36. The van der Waals surface area contributed by atoms with Crippen molar-refractivity contribution >= 4 is 20.5 Å². The summed E-state index contributed by atoms with van der Waals surface area (Å²) in [6.45, 7) is 13.8. The minimum absolute atomic E-state index is 0.0134. The average Bonchev–Trinajstić information content (AvgIpc) is 2.80. The van der Waals surface area contributed by atoms with Crippen molar-refractivity contribution in [1.82, 2.24) is 4.90 Å². The van der Waals surface area contributed by atoms with Gasteiger partial charge in [-0.25, -0.2) is 0 Å². The first-order valence-electron chi connectivity index (χ1n) is 8.05. The van der Waals surface area contributed by atoms with Gasteiger partial charge in [-0.05, 0) is 31.5 Å². The van der Waals surface area contributed by atoms with Crippen molar-refractivity contribution in [1.29, 1.82) is 0 Å². The Kier molecular flexibility index (Phi) is 4.37. The number of amides is 1. The molecule has 0 N–H and O–H groups in total. The molecule has 0 bridgehead atoms. The second-order valence-corrected chi connectivity index (χ2v) is 12.7. The maximum atomic E-state index is 12.0. The van der Waals surface area contributed by atoms with E-state index in [-0.39, 0.29) is 34.9 Å². The number of nitrogens with zero attached hydrogens (tertiary/aromatic N) is 1. The predicted molar refractivity (Wildman–Crippen MR) is 85.5 cm³/mol. The number of aldehydes is 1. The third kappa shape index (κ3) is 2.82. The first-order chi connectivity index (χ1) is 9.62. The van der Waals surface area contributed by atoms with E-state index >= 15 is 0 Å². The third-order valence-electron chi connectivity index (χ3n) is 5.77. The standard InChI is InChI=1S/C16H29NO3Si/c1-7-17-13-9-14(20-21(5,6)16(2,3)4)12(10-18)11(13)8-15(17)19/h10-14H,7-9H2,1-6H3. The SMILES string of the molecule is CCN1C(=O)CC2C(C=O)C(O[Si](C)(C)C(C)(C)C)CC21. The van der Waals surface area contributed by atoms with E-state index < -0.39 is 8.32 Å². The molecule has 2 rings (SSSR count). The Morgan fingerprint density at radius 3 is 2.48 bits per heavy atom. The monoisotopic (exact) mass is 311 g/mol. The highest BCUT2D eigenvalue weighted by molar-refractivity contribution is 6.74. The number of carbonyl (C=O) groups excluding carboxylic acids is 2. The molecule has 4 nitrogen and oxygen atoms in total. The van der Waals surface area contributed by atoms with Gasteiger partial charge in [-0.2, -0.15) is 0 Å². The zero-order chi connectivity index (χ0) is 16.0. The number of likely N-dealkylation sites (tertiary alicyclic amines) is 1. The van der Waals surface area contributed by atoms with Crippen LogP contribution in [0.1, 0.15) is 40.5 Å². The van der Waals surface area contributed by atoms with Crippen LogP contribution in [-0.4, -0.2) is 44.1 Å². The summed E-state index contributed by atoms with van der Waals surface area (Å²) >= 11 is 0. The van der Waals surface area contributed by atoms with E-state index in [1.165, 1.54) is 0 Å². The summed E-state index contributed by atoms with van der Waals surface area (Å²) in [5.41, 5.74) is 0. The van der Waals surface area contributed by atoms with Crippen LogP contribution in [0.5, 0.6) is 0 Å². The topological polar surface area (TPSA) is 46.6 Å². The Morgan fingerprint density at radius 1 is 1.38 bits per heavy atom. The Bertz CT molecular complexity index is 430. The number of carbonyl (C=O) groups is 2. The van der Waals surface area contributed by atoms with Crippen molar-refractivity contribution in [3.8, 4) is 0 Å². The summed E-state index contributed by atoms with van der Waals surface area (Å²) in [6, 6.07) is 0.201. The van der Waals surface area contributed by atoms with E-state index in [2.05, 4.69) is 33.9 Å². The molecule has 1 saturated heterocycles. The first kappa shape index (κ1) is 16.7. The molecule has 21 heavy (non-hydrogen) atoms. The van der Waals surface area contributed by atoms with Crippen LogP contribution < -0.4 is 0 Å². The first-order valence-corrected chi connectivity index (χ1v) is 11.0. The summed E-state index contributed by atoms with van der Waals surface area (Å²) in [4.78, 5) is 25.6. The summed E-state index contributed by atoms with van der Waals surface area (Å²) in [5, 5.41) is 0.137. The Labute approximate surface area is 129 Å². The largest absolute Gasteiger partial charge is 0.413 e. The van der Waals surface area contributed by atoms with E-state index in [1.807, 2.05) is 11.8 Å². The van der Waals surface area contributed by atoms with Crippen LogP contribution >= 0.6 is 0 Å². The minimum Gasteiger partial charge on any atom is -0.413 e. The zero-order valence-corrected chi connectivity index (χ0v) is 15.2. The van der Waals surface area contributed by atoms with Gasteiger partial charge in [0.15, 0.2) is 8.32 Å². The molecule has 0 radical (unpaired) electrons. The van der Waals surface area contributed by atoms with Gasteiger partial charge in [0.2, 0.25) is 5.91 Å². The Morgan fingerprint density at radius 2 is 2.00 bits per heavy atom. The molecule has 4 atom stereocenters. The molecule has 120 valence electrons. The highest BCUT2D eigenvalue weighted by Gasteiger charge is 2.54. The van der Waals surface area contributed by atoms with Crippen molar-refractivity contribution in [3.63, 3.8) is 0 Å². The molecule has 0 spiro atoms. The fourth-order valence-electron chi connectivity index (χ4n) is 3.52. The van der Waals surface area contributed by atoms with Crippen molar-refractivity contribution in [2.45, 2.75) is 70.8 Å². The smallest absolute Gasteiger partial charge is 0.223 e. The van der Waals surface area contributed by atoms with Crippen LogP contribution in [0, 0.1) is 11.8 Å². The molecule has 1 heterocycles. The summed E-state index contributed by atoms with van der Waals surface area (Å²) in [5.74, 6) is 0.236. The van der Waals surface area contributed by atoms with Crippen molar-refractivity contribution in [2.24, 2.45) is 11.8 Å². The van der Waals surface area contributed by atoms with Gasteiger partial charge in [0.05, 0.1) is 6.10 Å². The molecular weight excluding hydrogens is 282 g/mol. The fraction of sp³-hybridized carbons (Fsp3) is 0.875. The molecule has 1 aliphatic heterocycles. The number of fused-ring (bicyclic) bond motifs is 1. The van der Waals surface area contributed by atoms with E-state index in [0.717, 1.165) is 19.3 Å². The molecule has 2 fully saturated rings. The van der Waals surface area contributed by atoms with Gasteiger partial charge in [0.25, 0.3) is 0 Å². The molecule has 4 unspecified atom stereocenters. The van der Waals surface area contributed by atoms with Gasteiger partial charge in [-0.1, -0.05) is 20.8 Å². The van der Waals surface area contributed by atoms with Crippen LogP contribution in [0.15, 0.2) is 0 Å². The molecule has 5 heteroatoms. The highest BCUT2D eigenvalue weighted by Crippen LogP contribution is 2.46. The molecular formula is C16H29NO3Si.